The van der Waals surface area contributed by atoms with Crippen molar-refractivity contribution in [1.29, 1.82) is 0 Å². The van der Waals surface area contributed by atoms with E-state index in [1.165, 1.54) is 0 Å². The Labute approximate surface area is 169 Å². The van der Waals surface area contributed by atoms with E-state index in [1.807, 2.05) is 68.8 Å². The van der Waals surface area contributed by atoms with Gasteiger partial charge in [0.25, 0.3) is 5.91 Å². The second kappa shape index (κ2) is 8.20. The molecule has 0 unspecified atom stereocenters. The van der Waals surface area contributed by atoms with E-state index < -0.39 is 0 Å². The van der Waals surface area contributed by atoms with E-state index in [4.69, 9.17) is 0 Å². The Morgan fingerprint density at radius 2 is 1.79 bits per heavy atom. The molecule has 2 heterocycles. The van der Waals surface area contributed by atoms with E-state index in [0.29, 0.717) is 18.1 Å². The van der Waals surface area contributed by atoms with Crippen LogP contribution in [0.2, 0.25) is 0 Å². The summed E-state index contributed by atoms with van der Waals surface area (Å²) in [6.07, 6.45) is 5.26. The van der Waals surface area contributed by atoms with Crippen molar-refractivity contribution in [2.75, 3.05) is 12.4 Å². The Morgan fingerprint density at radius 1 is 1.03 bits per heavy atom. The zero-order valence-electron chi connectivity index (χ0n) is 16.4. The van der Waals surface area contributed by atoms with Gasteiger partial charge in [0, 0.05) is 38.1 Å². The zero-order valence-corrected chi connectivity index (χ0v) is 16.4. The van der Waals surface area contributed by atoms with Crippen molar-refractivity contribution in [1.82, 2.24) is 24.4 Å². The van der Waals surface area contributed by atoms with E-state index >= 15 is 0 Å². The zero-order chi connectivity index (χ0) is 20.2. The summed E-state index contributed by atoms with van der Waals surface area (Å²) in [5.41, 5.74) is 4.45. The molecular weight excluding hydrogens is 364 g/mol. The molecule has 1 N–H and O–H groups in total. The molecule has 0 saturated heterocycles. The first-order valence-electron chi connectivity index (χ1n) is 9.35. The molecule has 2 aromatic heterocycles. The predicted molar refractivity (Wildman–Crippen MR) is 112 cm³/mol. The molecule has 1 amide bonds. The Kier molecular flexibility index (Phi) is 5.31. The molecule has 0 bridgehead atoms. The van der Waals surface area contributed by atoms with Gasteiger partial charge in [-0.15, -0.1) is 0 Å². The third-order valence-corrected chi connectivity index (χ3v) is 4.65. The number of imidazole rings is 1. The van der Waals surface area contributed by atoms with Gasteiger partial charge in [-0.25, -0.2) is 9.97 Å². The average Bonchev–Trinajstić information content (AvgIpc) is 3.12. The smallest absolute Gasteiger partial charge is 0.257 e. The number of aryl methyl sites for hydroxylation is 1. The summed E-state index contributed by atoms with van der Waals surface area (Å²) in [4.78, 5) is 27.8. The molecule has 0 saturated carbocycles. The predicted octanol–water partition coefficient (Wildman–Crippen LogP) is 3.25. The lowest BCUT2D eigenvalue weighted by Crippen LogP contribution is -2.18. The van der Waals surface area contributed by atoms with Crippen molar-refractivity contribution in [2.24, 2.45) is 7.05 Å². The molecule has 0 aliphatic carbocycles. The van der Waals surface area contributed by atoms with Crippen LogP contribution in [-0.2, 0) is 20.1 Å². The molecular formula is C22H22N6O. The highest BCUT2D eigenvalue weighted by Crippen LogP contribution is 2.13. The maximum absolute atomic E-state index is 12.4. The minimum atomic E-state index is -0.175. The first-order valence-corrected chi connectivity index (χ1v) is 9.35. The number of anilines is 1. The van der Waals surface area contributed by atoms with Gasteiger partial charge in [-0.2, -0.15) is 0 Å². The van der Waals surface area contributed by atoms with Crippen molar-refractivity contribution in [2.45, 2.75) is 13.1 Å². The monoisotopic (exact) mass is 386 g/mol. The summed E-state index contributed by atoms with van der Waals surface area (Å²) in [6.45, 7) is 1.44. The van der Waals surface area contributed by atoms with Crippen LogP contribution in [0.25, 0.3) is 11.0 Å². The summed E-state index contributed by atoms with van der Waals surface area (Å²) >= 11 is 0. The number of hydrogen-bond donors (Lipinski definition) is 1. The molecule has 7 nitrogen and oxygen atoms in total. The molecule has 2 aromatic carbocycles. The van der Waals surface area contributed by atoms with Gasteiger partial charge in [-0.05, 0) is 36.9 Å². The van der Waals surface area contributed by atoms with E-state index in [9.17, 15) is 4.79 Å². The fraction of sp³-hybridized carbons (Fsp3) is 0.182. The molecule has 7 heteroatoms. The first-order chi connectivity index (χ1) is 14.1. The van der Waals surface area contributed by atoms with Gasteiger partial charge in [0.15, 0.2) is 0 Å². The minimum Gasteiger partial charge on any atom is -0.320 e. The second-order valence-corrected chi connectivity index (χ2v) is 7.04. The number of para-hydroxylation sites is 2. The van der Waals surface area contributed by atoms with E-state index in [-0.39, 0.29) is 5.91 Å². The van der Waals surface area contributed by atoms with Gasteiger partial charge >= 0.3 is 0 Å². The van der Waals surface area contributed by atoms with Crippen LogP contribution in [0, 0.1) is 0 Å². The number of aromatic nitrogens is 4. The molecule has 0 aliphatic heterocycles. The van der Waals surface area contributed by atoms with Crippen LogP contribution in [-0.4, -0.2) is 37.4 Å². The van der Waals surface area contributed by atoms with Crippen molar-refractivity contribution in [3.05, 3.63) is 83.9 Å². The molecule has 4 rings (SSSR count). The molecule has 0 spiro atoms. The highest BCUT2D eigenvalue weighted by molar-refractivity contribution is 6.03. The molecule has 0 radical (unpaired) electrons. The lowest BCUT2D eigenvalue weighted by molar-refractivity contribution is 0.102. The van der Waals surface area contributed by atoms with Gasteiger partial charge < -0.3 is 4.57 Å². The summed E-state index contributed by atoms with van der Waals surface area (Å²) in [7, 11) is 3.88. The number of fused-ring (bicyclic) bond motifs is 1. The standard InChI is InChI=1S/C22H22N6O/c1-27(15-18-13-24-19-5-3-4-6-20(19)25-18)14-16-7-9-17(10-8-16)21(29)26-22-23-11-12-28(22)2/h3-13H,14-15H2,1-2H3,(H,23,26,29). The van der Waals surface area contributed by atoms with Gasteiger partial charge in [0.1, 0.15) is 0 Å². The number of amides is 1. The van der Waals surface area contributed by atoms with Gasteiger partial charge in [-0.1, -0.05) is 24.3 Å². The minimum absolute atomic E-state index is 0.175. The van der Waals surface area contributed by atoms with E-state index in [2.05, 4.69) is 25.2 Å². The lowest BCUT2D eigenvalue weighted by atomic mass is 10.1. The molecule has 0 aliphatic rings. The van der Waals surface area contributed by atoms with E-state index in [0.717, 1.165) is 28.8 Å². The van der Waals surface area contributed by atoms with Gasteiger partial charge in [0.2, 0.25) is 5.95 Å². The summed E-state index contributed by atoms with van der Waals surface area (Å²) in [5.74, 6) is 0.348. The van der Waals surface area contributed by atoms with Crippen LogP contribution in [0.1, 0.15) is 21.6 Å². The average molecular weight is 386 g/mol. The Bertz CT molecular complexity index is 1140. The van der Waals surface area contributed by atoms with Gasteiger partial charge in [-0.3, -0.25) is 20.0 Å². The molecule has 0 fully saturated rings. The highest BCUT2D eigenvalue weighted by atomic mass is 16.1. The first kappa shape index (κ1) is 18.8. The Morgan fingerprint density at radius 3 is 2.52 bits per heavy atom. The SMILES string of the molecule is CN(Cc1ccc(C(=O)Nc2nccn2C)cc1)Cc1cnc2ccccc2n1. The largest absolute Gasteiger partial charge is 0.320 e. The topological polar surface area (TPSA) is 75.9 Å². The summed E-state index contributed by atoms with van der Waals surface area (Å²) in [6, 6.07) is 15.5. The number of nitrogens with one attached hydrogen (secondary N) is 1. The van der Waals surface area contributed by atoms with Crippen LogP contribution in [0.3, 0.4) is 0 Å². The maximum atomic E-state index is 12.4. The fourth-order valence-electron chi connectivity index (χ4n) is 3.14. The van der Waals surface area contributed by atoms with Crippen LogP contribution < -0.4 is 5.32 Å². The molecule has 29 heavy (non-hydrogen) atoms. The normalized spacial score (nSPS) is 11.1. The maximum Gasteiger partial charge on any atom is 0.257 e. The summed E-state index contributed by atoms with van der Waals surface area (Å²) < 4.78 is 1.76. The van der Waals surface area contributed by atoms with E-state index in [1.54, 1.807) is 17.0 Å². The Balaban J connectivity index is 1.37. The number of hydrogen-bond acceptors (Lipinski definition) is 5. The van der Waals surface area contributed by atoms with Crippen molar-refractivity contribution in [3.63, 3.8) is 0 Å². The number of nitrogens with zero attached hydrogens (tertiary/aromatic N) is 5. The number of carbonyl (C=O) groups is 1. The molecule has 4 aromatic rings. The number of rotatable bonds is 6. The Hall–Kier alpha value is -3.58. The lowest BCUT2D eigenvalue weighted by Gasteiger charge is -2.16. The van der Waals surface area contributed by atoms with Crippen molar-refractivity contribution in [3.8, 4) is 0 Å². The fourth-order valence-corrected chi connectivity index (χ4v) is 3.14. The van der Waals surface area contributed by atoms with Crippen LogP contribution in [0.5, 0.6) is 0 Å². The number of benzene rings is 2. The third kappa shape index (κ3) is 4.47. The van der Waals surface area contributed by atoms with Crippen molar-refractivity contribution < 1.29 is 4.79 Å². The van der Waals surface area contributed by atoms with Crippen LogP contribution in [0.4, 0.5) is 5.95 Å². The van der Waals surface area contributed by atoms with Gasteiger partial charge in [0.05, 0.1) is 22.9 Å². The third-order valence-electron chi connectivity index (χ3n) is 4.65. The molecule has 0 atom stereocenters. The van der Waals surface area contributed by atoms with Crippen molar-refractivity contribution >= 4 is 22.9 Å². The number of carbonyl (C=O) groups excluding carboxylic acids is 1. The quantitative estimate of drug-likeness (QED) is 0.551. The van der Waals surface area contributed by atoms with Crippen LogP contribution in [0.15, 0.2) is 67.1 Å². The molecule has 146 valence electrons. The summed E-state index contributed by atoms with van der Waals surface area (Å²) in [5, 5.41) is 2.80. The highest BCUT2D eigenvalue weighted by Gasteiger charge is 2.10. The second-order valence-electron chi connectivity index (χ2n) is 7.04. The van der Waals surface area contributed by atoms with Crippen LogP contribution >= 0.6 is 0 Å².